The number of piperidine rings is 1. The van der Waals surface area contributed by atoms with Gasteiger partial charge in [-0.15, -0.1) is 0 Å². The first-order chi connectivity index (χ1) is 14.3. The first-order valence-corrected chi connectivity index (χ1v) is 11.8. The third-order valence-corrected chi connectivity index (χ3v) is 7.59. The number of rotatable bonds is 7. The van der Waals surface area contributed by atoms with Crippen molar-refractivity contribution in [3.05, 3.63) is 35.5 Å². The number of sulfonamides is 1. The minimum absolute atomic E-state index is 0.189. The van der Waals surface area contributed by atoms with E-state index in [4.69, 9.17) is 4.74 Å². The summed E-state index contributed by atoms with van der Waals surface area (Å²) in [6, 6.07) is 5.96. The fourth-order valence-electron chi connectivity index (χ4n) is 3.15. The molecule has 0 radical (unpaired) electrons. The Kier molecular flexibility index (Phi) is 7.06. The monoisotopic (exact) mass is 452 g/mol. The molecule has 1 saturated heterocycles. The molecule has 1 amide bonds. The minimum atomic E-state index is -3.52. The van der Waals surface area contributed by atoms with Crippen molar-refractivity contribution in [3.8, 4) is 0 Å². The Bertz CT molecular complexity index is 1010. The number of anilines is 2. The highest BCUT2D eigenvalue weighted by molar-refractivity contribution is 7.89. The van der Waals surface area contributed by atoms with Gasteiger partial charge in [0, 0.05) is 25.8 Å². The highest BCUT2D eigenvalue weighted by atomic mass is 32.2. The van der Waals surface area contributed by atoms with E-state index >= 15 is 0 Å². The van der Waals surface area contributed by atoms with Crippen molar-refractivity contribution in [2.75, 3.05) is 37.4 Å². The number of hydrogen-bond acceptors (Lipinski definition) is 8. The summed E-state index contributed by atoms with van der Waals surface area (Å²) in [6.45, 7) is 2.28. The fraction of sp³-hybridized carbons (Fsp3) is 0.421. The Morgan fingerprint density at radius 2 is 1.83 bits per heavy atom. The van der Waals surface area contributed by atoms with Gasteiger partial charge in [-0.2, -0.15) is 8.68 Å². The van der Waals surface area contributed by atoms with Gasteiger partial charge in [0.15, 0.2) is 6.61 Å². The number of aryl methyl sites for hydroxylation is 1. The van der Waals surface area contributed by atoms with Crippen LogP contribution in [0.25, 0.3) is 0 Å². The third kappa shape index (κ3) is 4.97. The van der Waals surface area contributed by atoms with Crippen molar-refractivity contribution in [2.45, 2.75) is 31.1 Å². The van der Waals surface area contributed by atoms with E-state index in [9.17, 15) is 18.0 Å². The Hall–Kier alpha value is -2.50. The van der Waals surface area contributed by atoms with Gasteiger partial charge in [-0.3, -0.25) is 4.79 Å². The van der Waals surface area contributed by atoms with Crippen LogP contribution in [0.5, 0.6) is 0 Å². The largest absolute Gasteiger partial charge is 0.452 e. The molecule has 1 aromatic carbocycles. The van der Waals surface area contributed by atoms with Gasteiger partial charge in [0.2, 0.25) is 10.0 Å². The number of amides is 1. The Labute approximate surface area is 179 Å². The van der Waals surface area contributed by atoms with Gasteiger partial charge >= 0.3 is 5.97 Å². The van der Waals surface area contributed by atoms with Gasteiger partial charge in [-0.05, 0) is 55.6 Å². The average molecular weight is 453 g/mol. The van der Waals surface area contributed by atoms with Crippen molar-refractivity contribution < 1.29 is 22.7 Å². The van der Waals surface area contributed by atoms with E-state index in [1.165, 1.54) is 28.6 Å². The van der Waals surface area contributed by atoms with E-state index < -0.39 is 28.5 Å². The molecular weight excluding hydrogens is 428 g/mol. The molecule has 0 spiro atoms. The zero-order valence-corrected chi connectivity index (χ0v) is 18.4. The predicted octanol–water partition coefficient (Wildman–Crippen LogP) is 2.46. The van der Waals surface area contributed by atoms with Crippen LogP contribution < -0.4 is 10.6 Å². The molecule has 0 bridgehead atoms. The SMILES string of the molecule is CNc1snc(C)c1C(=O)OCC(=O)Nc1ccc(S(=O)(=O)N2CCCCC2)cc1. The van der Waals surface area contributed by atoms with Crippen LogP contribution in [0.2, 0.25) is 0 Å². The molecule has 0 unspecified atom stereocenters. The number of esters is 1. The number of carbonyl (C=O) groups is 2. The number of carbonyl (C=O) groups excluding carboxylic acids is 2. The number of benzene rings is 1. The van der Waals surface area contributed by atoms with Crippen LogP contribution in [0, 0.1) is 6.92 Å². The van der Waals surface area contributed by atoms with Crippen LogP contribution >= 0.6 is 11.5 Å². The standard InChI is InChI=1S/C19H24N4O5S2/c1-13-17(18(20-2)29-22-13)19(25)28-12-16(24)21-14-6-8-15(9-7-14)30(26,27)23-10-4-3-5-11-23/h6-9,20H,3-5,10-12H2,1-2H3,(H,21,24). The first-order valence-electron chi connectivity index (χ1n) is 9.54. The average Bonchev–Trinajstić information content (AvgIpc) is 3.13. The summed E-state index contributed by atoms with van der Waals surface area (Å²) in [5, 5.41) is 6.03. The van der Waals surface area contributed by atoms with Gasteiger partial charge in [-0.1, -0.05) is 6.42 Å². The Balaban J connectivity index is 1.57. The topological polar surface area (TPSA) is 118 Å². The van der Waals surface area contributed by atoms with Crippen LogP contribution in [0.1, 0.15) is 35.3 Å². The van der Waals surface area contributed by atoms with E-state index in [0.717, 1.165) is 30.8 Å². The molecule has 3 rings (SSSR count). The molecule has 1 aliphatic heterocycles. The molecule has 0 aliphatic carbocycles. The lowest BCUT2D eigenvalue weighted by Crippen LogP contribution is -2.35. The second kappa shape index (κ2) is 9.54. The van der Waals surface area contributed by atoms with Gasteiger partial charge < -0.3 is 15.4 Å². The summed E-state index contributed by atoms with van der Waals surface area (Å²) < 4.78 is 36.0. The van der Waals surface area contributed by atoms with Crippen LogP contribution in [0.15, 0.2) is 29.2 Å². The summed E-state index contributed by atoms with van der Waals surface area (Å²) in [5.74, 6) is -1.16. The third-order valence-electron chi connectivity index (χ3n) is 4.72. The van der Waals surface area contributed by atoms with Crippen LogP contribution in [-0.2, 0) is 19.6 Å². The van der Waals surface area contributed by atoms with Crippen molar-refractivity contribution in [1.82, 2.24) is 8.68 Å². The second-order valence-electron chi connectivity index (χ2n) is 6.84. The van der Waals surface area contributed by atoms with E-state index in [1.54, 1.807) is 14.0 Å². The molecule has 1 aromatic heterocycles. The molecule has 11 heteroatoms. The molecule has 30 heavy (non-hydrogen) atoms. The summed E-state index contributed by atoms with van der Waals surface area (Å²) in [6.07, 6.45) is 2.77. The lowest BCUT2D eigenvalue weighted by Gasteiger charge is -2.25. The Morgan fingerprint density at radius 3 is 2.47 bits per heavy atom. The van der Waals surface area contributed by atoms with E-state index in [0.29, 0.717) is 35.0 Å². The Morgan fingerprint density at radius 1 is 1.17 bits per heavy atom. The first kappa shape index (κ1) is 22.2. The number of hydrogen-bond donors (Lipinski definition) is 2. The van der Waals surface area contributed by atoms with Crippen molar-refractivity contribution in [1.29, 1.82) is 0 Å². The summed E-state index contributed by atoms with van der Waals surface area (Å²) >= 11 is 1.14. The molecule has 9 nitrogen and oxygen atoms in total. The zero-order valence-electron chi connectivity index (χ0n) is 16.8. The predicted molar refractivity (Wildman–Crippen MR) is 114 cm³/mol. The molecule has 0 saturated carbocycles. The van der Waals surface area contributed by atoms with E-state index in [2.05, 4.69) is 15.0 Å². The fourth-order valence-corrected chi connectivity index (χ4v) is 5.40. The van der Waals surface area contributed by atoms with Crippen LogP contribution in [-0.4, -0.2) is 55.7 Å². The number of aromatic nitrogens is 1. The minimum Gasteiger partial charge on any atom is -0.452 e. The van der Waals surface area contributed by atoms with E-state index in [1.807, 2.05) is 0 Å². The van der Waals surface area contributed by atoms with Gasteiger partial charge in [-0.25, -0.2) is 13.2 Å². The highest BCUT2D eigenvalue weighted by Crippen LogP contribution is 2.25. The summed E-state index contributed by atoms with van der Waals surface area (Å²) in [5.41, 5.74) is 1.25. The number of nitrogens with zero attached hydrogens (tertiary/aromatic N) is 2. The summed E-state index contributed by atoms with van der Waals surface area (Å²) in [7, 11) is -1.85. The molecule has 2 heterocycles. The smallest absolute Gasteiger partial charge is 0.343 e. The maximum Gasteiger partial charge on any atom is 0.343 e. The summed E-state index contributed by atoms with van der Waals surface area (Å²) in [4.78, 5) is 24.5. The van der Waals surface area contributed by atoms with Gasteiger partial charge in [0.1, 0.15) is 10.6 Å². The molecule has 162 valence electrons. The maximum absolute atomic E-state index is 12.7. The second-order valence-corrected chi connectivity index (χ2v) is 9.55. The van der Waals surface area contributed by atoms with Crippen molar-refractivity contribution >= 4 is 44.1 Å². The van der Waals surface area contributed by atoms with Crippen LogP contribution in [0.3, 0.4) is 0 Å². The van der Waals surface area contributed by atoms with Gasteiger partial charge in [0.25, 0.3) is 5.91 Å². The zero-order chi connectivity index (χ0) is 21.7. The lowest BCUT2D eigenvalue weighted by molar-refractivity contribution is -0.119. The molecule has 2 N–H and O–H groups in total. The molecule has 2 aromatic rings. The highest BCUT2D eigenvalue weighted by Gasteiger charge is 2.26. The number of nitrogens with one attached hydrogen (secondary N) is 2. The molecule has 1 fully saturated rings. The van der Waals surface area contributed by atoms with Crippen molar-refractivity contribution in [3.63, 3.8) is 0 Å². The number of ether oxygens (including phenoxy) is 1. The van der Waals surface area contributed by atoms with Crippen molar-refractivity contribution in [2.24, 2.45) is 0 Å². The van der Waals surface area contributed by atoms with E-state index in [-0.39, 0.29) is 4.90 Å². The van der Waals surface area contributed by atoms with Crippen LogP contribution in [0.4, 0.5) is 10.7 Å². The lowest BCUT2D eigenvalue weighted by atomic mass is 10.2. The molecular formula is C19H24N4O5S2. The molecule has 1 aliphatic rings. The molecule has 0 atom stereocenters. The normalized spacial score (nSPS) is 14.9. The van der Waals surface area contributed by atoms with Gasteiger partial charge in [0.05, 0.1) is 10.6 Å². The quantitative estimate of drug-likeness (QED) is 0.620. The maximum atomic E-state index is 12.7.